The molecule has 2 aromatic carbocycles. The third-order valence-electron chi connectivity index (χ3n) is 8.35. The summed E-state index contributed by atoms with van der Waals surface area (Å²) in [6.45, 7) is 17.8. The number of hydrogen-bond donors (Lipinski definition) is 5. The van der Waals surface area contributed by atoms with E-state index in [1.807, 2.05) is 0 Å². The summed E-state index contributed by atoms with van der Waals surface area (Å²) in [5.41, 5.74) is -0.929. The third-order valence-corrected chi connectivity index (χ3v) is 8.66. The van der Waals surface area contributed by atoms with Gasteiger partial charge in [0.05, 0.1) is 12.8 Å². The largest absolute Gasteiger partial charge is 0.460 e. The Kier molecular flexibility index (Phi) is 20.5. The molecule has 0 aliphatic heterocycles. The van der Waals surface area contributed by atoms with Crippen molar-refractivity contribution in [2.45, 2.75) is 155 Å². The van der Waals surface area contributed by atoms with Crippen LogP contribution in [0.2, 0.25) is 0 Å². The van der Waals surface area contributed by atoms with Crippen molar-refractivity contribution in [2.24, 2.45) is 5.92 Å². The van der Waals surface area contributed by atoms with Crippen LogP contribution in [0, 0.1) is 5.92 Å². The van der Waals surface area contributed by atoms with Gasteiger partial charge in [0.2, 0.25) is 23.6 Å². The maximum absolute atomic E-state index is 14.1. The molecular formula is C45H64ClN5O12. The van der Waals surface area contributed by atoms with Crippen molar-refractivity contribution < 1.29 is 57.3 Å². The predicted octanol–water partition coefficient (Wildman–Crippen LogP) is 5.35. The molecule has 18 heteroatoms. The average molecular weight is 902 g/mol. The highest BCUT2D eigenvalue weighted by Crippen LogP contribution is 2.16. The number of benzene rings is 2. The van der Waals surface area contributed by atoms with Gasteiger partial charge in [0.25, 0.3) is 0 Å². The van der Waals surface area contributed by atoms with Crippen LogP contribution >= 0.6 is 11.6 Å². The summed E-state index contributed by atoms with van der Waals surface area (Å²) in [6, 6.07) is 9.30. The van der Waals surface area contributed by atoms with Crippen LogP contribution < -0.4 is 26.6 Å². The summed E-state index contributed by atoms with van der Waals surface area (Å²) in [5, 5.41) is 12.7. The molecule has 5 amide bonds. The van der Waals surface area contributed by atoms with E-state index < -0.39 is 107 Å². The van der Waals surface area contributed by atoms with Gasteiger partial charge >= 0.3 is 24.0 Å². The van der Waals surface area contributed by atoms with Crippen molar-refractivity contribution in [2.75, 3.05) is 5.32 Å². The summed E-state index contributed by atoms with van der Waals surface area (Å²) in [7, 11) is 0. The van der Waals surface area contributed by atoms with Crippen molar-refractivity contribution in [3.63, 3.8) is 0 Å². The van der Waals surface area contributed by atoms with Crippen molar-refractivity contribution in [1.82, 2.24) is 21.3 Å². The minimum absolute atomic E-state index is 0.158. The predicted molar refractivity (Wildman–Crippen MR) is 235 cm³/mol. The molecule has 0 saturated heterocycles. The van der Waals surface area contributed by atoms with E-state index in [0.717, 1.165) is 5.56 Å². The first-order chi connectivity index (χ1) is 29.1. The van der Waals surface area contributed by atoms with Gasteiger partial charge in [-0.25, -0.2) is 4.79 Å². The summed E-state index contributed by atoms with van der Waals surface area (Å²) in [5.74, 6) is -6.29. The molecule has 2 rings (SSSR count). The Morgan fingerprint density at radius 2 is 1.03 bits per heavy atom. The second kappa shape index (κ2) is 24.2. The van der Waals surface area contributed by atoms with E-state index in [1.54, 1.807) is 131 Å². The fourth-order valence-corrected chi connectivity index (χ4v) is 5.76. The van der Waals surface area contributed by atoms with Gasteiger partial charge in [-0.05, 0) is 97.9 Å². The zero-order valence-electron chi connectivity index (χ0n) is 38.1. The molecule has 348 valence electrons. The summed E-state index contributed by atoms with van der Waals surface area (Å²) in [6.07, 6.45) is -3.00. The number of carbonyl (C=O) groups is 8. The number of amides is 5. The van der Waals surface area contributed by atoms with Gasteiger partial charge in [0.1, 0.15) is 47.6 Å². The van der Waals surface area contributed by atoms with Crippen LogP contribution in [0.1, 0.15) is 113 Å². The van der Waals surface area contributed by atoms with Gasteiger partial charge in [-0.15, -0.1) is 11.6 Å². The molecule has 0 radical (unpaired) electrons. The van der Waals surface area contributed by atoms with E-state index in [4.69, 9.17) is 30.5 Å². The Morgan fingerprint density at radius 3 is 1.52 bits per heavy atom. The van der Waals surface area contributed by atoms with Crippen molar-refractivity contribution in [3.8, 4) is 0 Å². The van der Waals surface area contributed by atoms with E-state index in [1.165, 1.54) is 0 Å². The van der Waals surface area contributed by atoms with Gasteiger partial charge in [0.15, 0.2) is 0 Å². The first-order valence-electron chi connectivity index (χ1n) is 20.6. The topological polar surface area (TPSA) is 234 Å². The number of anilines is 1. The first kappa shape index (κ1) is 53.4. The number of ether oxygens (including phenoxy) is 4. The minimum Gasteiger partial charge on any atom is -0.460 e. The lowest BCUT2D eigenvalue weighted by Crippen LogP contribution is -2.59. The van der Waals surface area contributed by atoms with E-state index in [-0.39, 0.29) is 25.3 Å². The van der Waals surface area contributed by atoms with Gasteiger partial charge in [-0.1, -0.05) is 56.3 Å². The molecule has 17 nitrogen and oxygen atoms in total. The molecule has 0 fully saturated rings. The van der Waals surface area contributed by atoms with Gasteiger partial charge in [-0.2, -0.15) is 0 Å². The van der Waals surface area contributed by atoms with Crippen LogP contribution in [0.3, 0.4) is 0 Å². The number of rotatable bonds is 20. The van der Waals surface area contributed by atoms with Gasteiger partial charge in [0, 0.05) is 18.0 Å². The maximum atomic E-state index is 14.1. The van der Waals surface area contributed by atoms with Crippen molar-refractivity contribution in [1.29, 1.82) is 0 Å². The number of halogens is 1. The van der Waals surface area contributed by atoms with Crippen LogP contribution in [0.15, 0.2) is 54.6 Å². The Labute approximate surface area is 374 Å². The number of alkyl carbamates (subject to hydrolysis) is 1. The monoisotopic (exact) mass is 901 g/mol. The molecule has 5 N–H and O–H groups in total. The molecule has 0 aromatic heterocycles. The third kappa shape index (κ3) is 21.8. The van der Waals surface area contributed by atoms with Gasteiger partial charge < -0.3 is 45.5 Å². The molecule has 63 heavy (non-hydrogen) atoms. The lowest BCUT2D eigenvalue weighted by Gasteiger charge is -2.28. The highest BCUT2D eigenvalue weighted by Gasteiger charge is 2.36. The van der Waals surface area contributed by atoms with Crippen LogP contribution in [0.25, 0.3) is 0 Å². The highest BCUT2D eigenvalue weighted by molar-refractivity contribution is 6.17. The Hall–Kier alpha value is -5.71. The lowest BCUT2D eigenvalue weighted by atomic mass is 10.0. The maximum Gasteiger partial charge on any atom is 0.408 e. The number of nitrogens with one attached hydrogen (secondary N) is 5. The van der Waals surface area contributed by atoms with E-state index >= 15 is 0 Å². The highest BCUT2D eigenvalue weighted by atomic mass is 35.5. The Bertz CT molecular complexity index is 1890. The summed E-state index contributed by atoms with van der Waals surface area (Å²) < 4.78 is 21.5. The second-order valence-electron chi connectivity index (χ2n) is 18.1. The normalized spacial score (nSPS) is 13.5. The fourth-order valence-electron chi connectivity index (χ4n) is 5.58. The van der Waals surface area contributed by atoms with Crippen LogP contribution in [-0.2, 0) is 65.0 Å². The summed E-state index contributed by atoms with van der Waals surface area (Å²) in [4.78, 5) is 107. The fraction of sp³-hybridized carbons (Fsp3) is 0.556. The van der Waals surface area contributed by atoms with E-state index in [9.17, 15) is 38.4 Å². The minimum atomic E-state index is -1.62. The average Bonchev–Trinajstić information content (AvgIpc) is 3.15. The zero-order valence-corrected chi connectivity index (χ0v) is 38.9. The van der Waals surface area contributed by atoms with Crippen LogP contribution in [-0.4, -0.2) is 88.6 Å². The lowest BCUT2D eigenvalue weighted by molar-refractivity contribution is -0.157. The SMILES string of the molecule is CC(C)[C@@H](NC(=O)[C@H](CCC(=O)OC(C)(C)C)NC(=O)[C@H](CC(=O)OC(C)(C)C)NC(=O)OCc1ccccc1)C(=O)N[C@H](CC(=O)OC(C)(C)C)C(=O)Nc1ccc(CCl)cc1. The van der Waals surface area contributed by atoms with E-state index in [2.05, 4.69) is 26.6 Å². The molecular weight excluding hydrogens is 838 g/mol. The quantitative estimate of drug-likeness (QED) is 0.0643. The molecule has 0 saturated carbocycles. The molecule has 0 unspecified atom stereocenters. The molecule has 0 bridgehead atoms. The molecule has 4 atom stereocenters. The van der Waals surface area contributed by atoms with Crippen LogP contribution in [0.4, 0.5) is 10.5 Å². The van der Waals surface area contributed by atoms with Crippen LogP contribution in [0.5, 0.6) is 0 Å². The summed E-state index contributed by atoms with van der Waals surface area (Å²) >= 11 is 5.90. The Morgan fingerprint density at radius 1 is 0.556 bits per heavy atom. The zero-order chi connectivity index (χ0) is 47.7. The molecule has 2 aromatic rings. The Balaban J connectivity index is 2.43. The first-order valence-corrected chi connectivity index (χ1v) is 21.2. The number of hydrogen-bond acceptors (Lipinski definition) is 12. The second-order valence-corrected chi connectivity index (χ2v) is 18.4. The standard InChI is InChI=1S/C45H64ClN5O12/c1-27(2)37(41(58)49-32(23-35(53)62-44(6,7)8)39(56)47-30-19-17-28(25-46)18-20-30)51-38(55)31(21-22-34(52)61-43(3,4)5)48-40(57)33(24-36(54)63-45(9,10)11)50-42(59)60-26-29-15-13-12-14-16-29/h12-20,27,31-33,37H,21-26H2,1-11H3,(H,47,56)(H,48,57)(H,49,58)(H,50,59)(H,51,55)/t31-,32+,33-,37+/m0/s1. The molecule has 0 aliphatic rings. The van der Waals surface area contributed by atoms with E-state index in [0.29, 0.717) is 11.3 Å². The number of carbonyl (C=O) groups excluding carboxylic acids is 8. The smallest absolute Gasteiger partial charge is 0.408 e. The molecule has 0 aliphatic carbocycles. The van der Waals surface area contributed by atoms with Crippen molar-refractivity contribution >= 4 is 64.9 Å². The van der Waals surface area contributed by atoms with Gasteiger partial charge in [-0.3, -0.25) is 33.6 Å². The molecule has 0 heterocycles. The number of alkyl halides is 1. The van der Waals surface area contributed by atoms with Crippen molar-refractivity contribution in [3.05, 3.63) is 65.7 Å². The number of esters is 3. The molecule has 0 spiro atoms.